The lowest BCUT2D eigenvalue weighted by Gasteiger charge is -2.19. The Morgan fingerprint density at radius 1 is 1.41 bits per heavy atom. The fraction of sp³-hybridized carbons (Fsp3) is 0.312. The normalized spacial score (nSPS) is 22.3. The van der Waals surface area contributed by atoms with Crippen LogP contribution in [0.25, 0.3) is 0 Å². The number of hydrogen-bond donors (Lipinski definition) is 2. The summed E-state index contributed by atoms with van der Waals surface area (Å²) in [6, 6.07) is 12.0. The number of hydrogen-bond acceptors (Lipinski definition) is 4. The van der Waals surface area contributed by atoms with Crippen LogP contribution in [-0.2, 0) is 4.79 Å². The fourth-order valence-corrected chi connectivity index (χ4v) is 2.87. The predicted octanol–water partition coefficient (Wildman–Crippen LogP) is 1.21. The molecule has 1 aliphatic rings. The van der Waals surface area contributed by atoms with E-state index in [0.717, 1.165) is 5.56 Å². The number of rotatable bonds is 3. The second-order valence-electron chi connectivity index (χ2n) is 5.41. The maximum Gasteiger partial charge on any atom is 0.257 e. The Labute approximate surface area is 128 Å². The van der Waals surface area contributed by atoms with Gasteiger partial charge in [0.2, 0.25) is 0 Å². The minimum absolute atomic E-state index is 0.0240. The molecule has 6 nitrogen and oxygen atoms in total. The van der Waals surface area contributed by atoms with Crippen LogP contribution in [-0.4, -0.2) is 39.0 Å². The number of aromatic nitrogens is 2. The Kier molecular flexibility index (Phi) is 3.90. The summed E-state index contributed by atoms with van der Waals surface area (Å²) >= 11 is 0. The number of amides is 1. The molecule has 1 unspecified atom stereocenters. The van der Waals surface area contributed by atoms with Crippen LogP contribution in [0.1, 0.15) is 23.3 Å². The van der Waals surface area contributed by atoms with E-state index >= 15 is 0 Å². The third kappa shape index (κ3) is 2.59. The van der Waals surface area contributed by atoms with Crippen LogP contribution >= 0.6 is 0 Å². The highest BCUT2D eigenvalue weighted by Gasteiger charge is 2.38. The van der Waals surface area contributed by atoms with Gasteiger partial charge in [0.1, 0.15) is 0 Å². The summed E-state index contributed by atoms with van der Waals surface area (Å²) < 4.78 is 0. The number of nitrogens with zero attached hydrogens (tertiary/aromatic N) is 3. The van der Waals surface area contributed by atoms with E-state index < -0.39 is 12.0 Å². The first-order valence-corrected chi connectivity index (χ1v) is 7.10. The van der Waals surface area contributed by atoms with E-state index in [9.17, 15) is 15.2 Å². The van der Waals surface area contributed by atoms with E-state index in [1.165, 1.54) is 12.5 Å². The molecule has 1 fully saturated rings. The van der Waals surface area contributed by atoms with Crippen molar-refractivity contribution in [3.8, 4) is 6.07 Å². The molecule has 1 aromatic carbocycles. The molecule has 1 aliphatic heterocycles. The lowest BCUT2D eigenvalue weighted by atomic mass is 9.90. The van der Waals surface area contributed by atoms with Crippen molar-refractivity contribution in [2.24, 2.45) is 5.92 Å². The summed E-state index contributed by atoms with van der Waals surface area (Å²) in [4.78, 5) is 20.5. The van der Waals surface area contributed by atoms with Crippen molar-refractivity contribution >= 4 is 5.91 Å². The molecule has 0 saturated carbocycles. The highest BCUT2D eigenvalue weighted by Crippen LogP contribution is 2.33. The second-order valence-corrected chi connectivity index (χ2v) is 5.41. The third-order valence-electron chi connectivity index (χ3n) is 4.07. The number of carbonyl (C=O) groups is 1. The van der Waals surface area contributed by atoms with Gasteiger partial charge >= 0.3 is 0 Å². The number of imidazole rings is 1. The molecule has 2 N–H and O–H groups in total. The molecule has 1 saturated heterocycles. The zero-order chi connectivity index (χ0) is 15.5. The molecular weight excluding hydrogens is 280 g/mol. The first kappa shape index (κ1) is 14.3. The van der Waals surface area contributed by atoms with Gasteiger partial charge < -0.3 is 15.0 Å². The van der Waals surface area contributed by atoms with Crippen molar-refractivity contribution < 1.29 is 9.90 Å². The van der Waals surface area contributed by atoms with Crippen molar-refractivity contribution in [2.45, 2.75) is 12.0 Å². The molecule has 3 rings (SSSR count). The van der Waals surface area contributed by atoms with Crippen molar-refractivity contribution in [2.75, 3.05) is 13.1 Å². The topological polar surface area (TPSA) is 93.0 Å². The van der Waals surface area contributed by atoms with Gasteiger partial charge in [-0.1, -0.05) is 30.3 Å². The van der Waals surface area contributed by atoms with E-state index in [4.69, 9.17) is 0 Å². The molecule has 3 atom stereocenters. The second kappa shape index (κ2) is 6.00. The maximum atomic E-state index is 12.4. The number of nitriles is 1. The summed E-state index contributed by atoms with van der Waals surface area (Å²) in [5, 5.41) is 19.5. The zero-order valence-electron chi connectivity index (χ0n) is 11.9. The summed E-state index contributed by atoms with van der Waals surface area (Å²) in [6.07, 6.45) is 1.58. The van der Waals surface area contributed by atoms with Crippen LogP contribution in [0.4, 0.5) is 0 Å². The zero-order valence-corrected chi connectivity index (χ0v) is 11.9. The van der Waals surface area contributed by atoms with Crippen LogP contribution in [0, 0.1) is 17.2 Å². The monoisotopic (exact) mass is 296 g/mol. The highest BCUT2D eigenvalue weighted by atomic mass is 16.3. The molecule has 6 heteroatoms. The molecule has 0 aliphatic carbocycles. The fourth-order valence-electron chi connectivity index (χ4n) is 2.87. The van der Waals surface area contributed by atoms with Crippen molar-refractivity contribution in [1.29, 1.82) is 5.26 Å². The van der Waals surface area contributed by atoms with E-state index in [1.807, 2.05) is 30.3 Å². The Hall–Kier alpha value is -2.65. The lowest BCUT2D eigenvalue weighted by molar-refractivity contribution is -0.139. The molecule has 1 aromatic heterocycles. The van der Waals surface area contributed by atoms with E-state index in [1.54, 1.807) is 4.90 Å². The molecule has 2 heterocycles. The van der Waals surface area contributed by atoms with Gasteiger partial charge in [-0.3, -0.25) is 4.79 Å². The Morgan fingerprint density at radius 3 is 2.82 bits per heavy atom. The smallest absolute Gasteiger partial charge is 0.257 e. The van der Waals surface area contributed by atoms with Gasteiger partial charge in [-0.25, -0.2) is 4.98 Å². The molecule has 22 heavy (non-hydrogen) atoms. The number of carbonyl (C=O) groups excluding carboxylic acids is 1. The molecule has 0 bridgehead atoms. The Balaban J connectivity index is 1.77. The van der Waals surface area contributed by atoms with Gasteiger partial charge in [-0.2, -0.15) is 5.26 Å². The molecular formula is C16H16N4O2. The summed E-state index contributed by atoms with van der Waals surface area (Å²) in [7, 11) is 0. The SMILES string of the molecule is N#C[C@@H]1CN(C(=O)C(O)c2cnc[nH]2)C[C@H]1c1ccccc1. The van der Waals surface area contributed by atoms with E-state index in [2.05, 4.69) is 16.0 Å². The van der Waals surface area contributed by atoms with Gasteiger partial charge in [0, 0.05) is 19.0 Å². The number of likely N-dealkylation sites (tertiary alicyclic amines) is 1. The van der Waals surface area contributed by atoms with Gasteiger partial charge in [0.25, 0.3) is 5.91 Å². The van der Waals surface area contributed by atoms with Crippen LogP contribution < -0.4 is 0 Å². The minimum Gasteiger partial charge on any atom is -0.377 e. The quantitative estimate of drug-likeness (QED) is 0.890. The predicted molar refractivity (Wildman–Crippen MR) is 78.4 cm³/mol. The average Bonchev–Trinajstić information content (AvgIpc) is 3.23. The van der Waals surface area contributed by atoms with Crippen LogP contribution in [0.2, 0.25) is 0 Å². The highest BCUT2D eigenvalue weighted by molar-refractivity contribution is 5.82. The number of nitrogens with one attached hydrogen (secondary N) is 1. The molecule has 1 amide bonds. The lowest BCUT2D eigenvalue weighted by Crippen LogP contribution is -2.33. The first-order valence-electron chi connectivity index (χ1n) is 7.10. The molecule has 0 radical (unpaired) electrons. The van der Waals surface area contributed by atoms with Crippen LogP contribution in [0.3, 0.4) is 0 Å². The first-order chi connectivity index (χ1) is 10.7. The summed E-state index contributed by atoms with van der Waals surface area (Å²) in [6.45, 7) is 0.770. The molecule has 2 aromatic rings. The maximum absolute atomic E-state index is 12.4. The Morgan fingerprint density at radius 2 is 2.18 bits per heavy atom. The molecule has 0 spiro atoms. The van der Waals surface area contributed by atoms with Gasteiger partial charge in [0.15, 0.2) is 6.10 Å². The third-order valence-corrected chi connectivity index (χ3v) is 4.07. The minimum atomic E-state index is -1.27. The Bertz CT molecular complexity index is 678. The van der Waals surface area contributed by atoms with Gasteiger partial charge in [-0.05, 0) is 5.56 Å². The van der Waals surface area contributed by atoms with Crippen LogP contribution in [0.5, 0.6) is 0 Å². The number of H-pyrrole nitrogens is 1. The van der Waals surface area contributed by atoms with E-state index in [0.29, 0.717) is 18.8 Å². The molecule has 112 valence electrons. The average molecular weight is 296 g/mol. The largest absolute Gasteiger partial charge is 0.377 e. The number of aliphatic hydroxyl groups is 1. The van der Waals surface area contributed by atoms with Gasteiger partial charge in [-0.15, -0.1) is 0 Å². The van der Waals surface area contributed by atoms with Gasteiger partial charge in [0.05, 0.1) is 30.2 Å². The van der Waals surface area contributed by atoms with Crippen molar-refractivity contribution in [1.82, 2.24) is 14.9 Å². The van der Waals surface area contributed by atoms with Crippen molar-refractivity contribution in [3.63, 3.8) is 0 Å². The van der Waals surface area contributed by atoms with Crippen LogP contribution in [0.15, 0.2) is 42.9 Å². The number of aromatic amines is 1. The number of aliphatic hydroxyl groups excluding tert-OH is 1. The van der Waals surface area contributed by atoms with Crippen molar-refractivity contribution in [3.05, 3.63) is 54.1 Å². The van der Waals surface area contributed by atoms with E-state index in [-0.39, 0.29) is 11.8 Å². The summed E-state index contributed by atoms with van der Waals surface area (Å²) in [5.41, 5.74) is 1.40. The summed E-state index contributed by atoms with van der Waals surface area (Å²) in [5.74, 6) is -0.688. The number of benzene rings is 1. The standard InChI is InChI=1S/C16H16N4O2/c17-6-12-8-20(9-13(12)11-4-2-1-3-5-11)16(22)15(21)14-7-18-10-19-14/h1-5,7,10,12-13,15,21H,8-9H2,(H,18,19)/t12-,13+,15?/m1/s1.